The summed E-state index contributed by atoms with van der Waals surface area (Å²) in [5, 5.41) is 10.5. The minimum Gasteiger partial charge on any atom is -0.497 e. The SMILES string of the molecule is C#C.C#C.C#C.C=C.CC(=O)NS(=O)(=O)C1CC1.CCc1csc(NC(C(=O)N2CCC[C@H]2C(=O)NC2CC2)C(C)(C)C)n1.COc1ccc2c(=O)[nH]ccc2c1. The average Bonchev–Trinajstić information content (AvgIpc) is 4.13. The zero-order valence-corrected chi connectivity index (χ0v) is 35.5. The predicted molar refractivity (Wildman–Crippen MR) is 232 cm³/mol. The molecule has 3 amide bonds. The van der Waals surface area contributed by atoms with E-state index < -0.39 is 22.0 Å². The van der Waals surface area contributed by atoms with E-state index in [0.717, 1.165) is 54.1 Å². The summed E-state index contributed by atoms with van der Waals surface area (Å²) in [6.45, 7) is 16.1. The first kappa shape index (κ1) is 51.4. The molecule has 2 atom stereocenters. The Morgan fingerprint density at radius 3 is 2.14 bits per heavy atom. The van der Waals surface area contributed by atoms with Crippen LogP contribution in [0, 0.1) is 44.0 Å². The van der Waals surface area contributed by atoms with E-state index in [1.54, 1.807) is 30.3 Å². The molecule has 15 heteroatoms. The van der Waals surface area contributed by atoms with E-state index in [1.165, 1.54) is 18.3 Å². The van der Waals surface area contributed by atoms with Gasteiger partial charge in [0.1, 0.15) is 17.8 Å². The van der Waals surface area contributed by atoms with Gasteiger partial charge >= 0.3 is 0 Å². The molecule has 1 aromatic carbocycles. The van der Waals surface area contributed by atoms with E-state index in [0.29, 0.717) is 30.8 Å². The smallest absolute Gasteiger partial charge is 0.255 e. The zero-order valence-electron chi connectivity index (χ0n) is 33.9. The maximum absolute atomic E-state index is 13.3. The van der Waals surface area contributed by atoms with Gasteiger partial charge < -0.3 is 25.3 Å². The number of aryl methyl sites for hydroxylation is 1. The van der Waals surface area contributed by atoms with Gasteiger partial charge in [-0.2, -0.15) is 0 Å². The average molecular weight is 823 g/mol. The fourth-order valence-electron chi connectivity index (χ4n) is 5.26. The second-order valence-corrected chi connectivity index (χ2v) is 16.4. The molecule has 57 heavy (non-hydrogen) atoms. The van der Waals surface area contributed by atoms with Crippen LogP contribution in [-0.2, 0) is 30.8 Å². The van der Waals surface area contributed by atoms with Crippen molar-refractivity contribution in [2.75, 3.05) is 19.0 Å². The number of rotatable bonds is 9. The van der Waals surface area contributed by atoms with Gasteiger partial charge in [0, 0.05) is 36.5 Å². The topological polar surface area (TPSA) is 180 Å². The van der Waals surface area contributed by atoms with E-state index in [1.807, 2.05) is 43.0 Å². The summed E-state index contributed by atoms with van der Waals surface area (Å²) < 4.78 is 28.7. The number of hydrogen-bond donors (Lipinski definition) is 4. The highest BCUT2D eigenvalue weighted by molar-refractivity contribution is 7.90. The maximum atomic E-state index is 13.3. The second-order valence-electron chi connectivity index (χ2n) is 13.6. The molecule has 2 aliphatic carbocycles. The zero-order chi connectivity index (χ0) is 43.9. The molecule has 0 spiro atoms. The number of methoxy groups -OCH3 is 1. The quantitative estimate of drug-likeness (QED) is 0.160. The number of hydrogen-bond acceptors (Lipinski definition) is 10. The van der Waals surface area contributed by atoms with Gasteiger partial charge in [-0.3, -0.25) is 23.9 Å². The Morgan fingerprint density at radius 1 is 1.04 bits per heavy atom. The molecule has 1 aliphatic heterocycles. The van der Waals surface area contributed by atoms with Crippen molar-refractivity contribution in [3.8, 4) is 44.3 Å². The van der Waals surface area contributed by atoms with E-state index in [2.05, 4.69) is 79.2 Å². The Morgan fingerprint density at radius 2 is 1.65 bits per heavy atom. The number of ether oxygens (including phenoxy) is 1. The molecule has 3 aliphatic rings. The second kappa shape index (κ2) is 25.6. The number of likely N-dealkylation sites (tertiary alicyclic amines) is 1. The number of sulfonamides is 1. The van der Waals surface area contributed by atoms with Gasteiger partial charge in [0.15, 0.2) is 5.13 Å². The van der Waals surface area contributed by atoms with Crippen LogP contribution in [-0.4, -0.2) is 78.0 Å². The molecule has 0 radical (unpaired) electrons. The van der Waals surface area contributed by atoms with E-state index in [-0.39, 0.29) is 34.1 Å². The van der Waals surface area contributed by atoms with Gasteiger partial charge in [0.25, 0.3) is 5.56 Å². The van der Waals surface area contributed by atoms with E-state index in [4.69, 9.17) is 4.74 Å². The Kier molecular flexibility index (Phi) is 23.1. The molecule has 4 N–H and O–H groups in total. The van der Waals surface area contributed by atoms with Crippen molar-refractivity contribution in [3.05, 3.63) is 65.0 Å². The molecule has 2 aromatic heterocycles. The fraction of sp³-hybridized carbons (Fsp3) is 0.452. The summed E-state index contributed by atoms with van der Waals surface area (Å²) in [6.07, 6.45) is 31.6. The van der Waals surface area contributed by atoms with Crippen molar-refractivity contribution in [2.45, 2.75) is 103 Å². The molecule has 310 valence electrons. The van der Waals surface area contributed by atoms with Crippen LogP contribution in [0.1, 0.15) is 78.8 Å². The van der Waals surface area contributed by atoms with Gasteiger partial charge in [0.2, 0.25) is 27.7 Å². The number of aromatic nitrogens is 2. The number of anilines is 1. The Balaban J connectivity index is 0.000000844. The lowest BCUT2D eigenvalue weighted by Gasteiger charge is -2.35. The number of amides is 3. The summed E-state index contributed by atoms with van der Waals surface area (Å²) >= 11 is 1.53. The molecule has 1 unspecified atom stereocenters. The molecule has 3 fully saturated rings. The van der Waals surface area contributed by atoms with Gasteiger partial charge in [-0.1, -0.05) is 27.7 Å². The Labute approximate surface area is 342 Å². The molecule has 13 nitrogen and oxygen atoms in total. The number of thiazole rings is 1. The first-order chi connectivity index (χ1) is 27.1. The molecule has 3 heterocycles. The van der Waals surface area contributed by atoms with Crippen molar-refractivity contribution in [2.24, 2.45) is 5.41 Å². The first-order valence-electron chi connectivity index (χ1n) is 18.1. The third-order valence-electron chi connectivity index (χ3n) is 8.29. The van der Waals surface area contributed by atoms with Crippen LogP contribution >= 0.6 is 11.3 Å². The summed E-state index contributed by atoms with van der Waals surface area (Å²) in [7, 11) is -1.68. The van der Waals surface area contributed by atoms with Crippen LogP contribution in [0.4, 0.5) is 5.13 Å². The third kappa shape index (κ3) is 17.0. The maximum Gasteiger partial charge on any atom is 0.255 e. The van der Waals surface area contributed by atoms with Crippen LogP contribution < -0.4 is 25.7 Å². The molecule has 6 rings (SSSR count). The van der Waals surface area contributed by atoms with Crippen LogP contribution in [0.25, 0.3) is 10.8 Å². The Hall–Kier alpha value is -5.56. The highest BCUT2D eigenvalue weighted by Crippen LogP contribution is 2.30. The summed E-state index contributed by atoms with van der Waals surface area (Å²) in [6, 6.07) is 6.79. The Bertz CT molecular complexity index is 1940. The highest BCUT2D eigenvalue weighted by atomic mass is 32.2. The number of nitrogens with zero attached hydrogens (tertiary/aromatic N) is 2. The number of pyridine rings is 1. The summed E-state index contributed by atoms with van der Waals surface area (Å²) in [5.74, 6) is 0.262. The van der Waals surface area contributed by atoms with E-state index >= 15 is 0 Å². The van der Waals surface area contributed by atoms with Crippen molar-refractivity contribution in [3.63, 3.8) is 0 Å². The lowest BCUT2D eigenvalue weighted by atomic mass is 9.85. The van der Waals surface area contributed by atoms with Crippen LogP contribution in [0.5, 0.6) is 5.75 Å². The number of aromatic amines is 1. The van der Waals surface area contributed by atoms with Crippen molar-refractivity contribution in [1.29, 1.82) is 0 Å². The standard InChI is InChI=1S/C19H30N4O2S.C10H9NO2.C5H9NO3S.C2H4.3C2H2/c1-5-12-11-26-18(21-12)22-15(19(2,3)4)17(25)23-10-6-7-14(23)16(24)20-13-8-9-13;1-13-8-2-3-9-7(6-8)4-5-11-10(9)12;1-4(7)6-10(8,9)5-2-3-5;4*1-2/h11,13-15H,5-10H2,1-4H3,(H,20,24)(H,21,22);2-6H,1H3,(H,11,12);5H,2-3H2,1H3,(H,6,7);1-2H2;3*1-2H/t14-,15?;;;;;;/m0....../s1. The number of carbonyl (C=O) groups excluding carboxylic acids is 3. The fourth-order valence-corrected chi connectivity index (χ4v) is 7.41. The molecule has 2 saturated carbocycles. The number of benzene rings is 1. The van der Waals surface area contributed by atoms with Crippen molar-refractivity contribution in [1.82, 2.24) is 24.9 Å². The van der Waals surface area contributed by atoms with Crippen molar-refractivity contribution < 1.29 is 27.5 Å². The first-order valence-corrected chi connectivity index (χ1v) is 20.5. The minimum absolute atomic E-state index is 0.000745. The summed E-state index contributed by atoms with van der Waals surface area (Å²) in [4.78, 5) is 56.4. The minimum atomic E-state index is -3.29. The molecular weight excluding hydrogens is 765 g/mol. The van der Waals surface area contributed by atoms with Gasteiger partial charge in [-0.25, -0.2) is 13.4 Å². The third-order valence-corrected chi connectivity index (χ3v) is 11.0. The summed E-state index contributed by atoms with van der Waals surface area (Å²) in [5.41, 5.74) is 0.676. The molecule has 3 aromatic rings. The highest BCUT2D eigenvalue weighted by Gasteiger charge is 2.42. The van der Waals surface area contributed by atoms with E-state index in [9.17, 15) is 27.6 Å². The van der Waals surface area contributed by atoms with Crippen LogP contribution in [0.3, 0.4) is 0 Å². The van der Waals surface area contributed by atoms with Crippen molar-refractivity contribution >= 4 is 55.0 Å². The lowest BCUT2D eigenvalue weighted by Crippen LogP contribution is -2.54. The molecule has 1 saturated heterocycles. The van der Waals surface area contributed by atoms with Crippen LogP contribution in [0.15, 0.2) is 53.8 Å². The number of carbonyl (C=O) groups is 3. The largest absolute Gasteiger partial charge is 0.497 e. The predicted octanol–water partition coefficient (Wildman–Crippen LogP) is 5.50. The molecular formula is C42H58N6O7S2. The monoisotopic (exact) mass is 822 g/mol. The number of H-pyrrole nitrogens is 1. The van der Waals surface area contributed by atoms with Gasteiger partial charge in [-0.15, -0.1) is 63.0 Å². The number of fused-ring (bicyclic) bond motifs is 1. The lowest BCUT2D eigenvalue weighted by molar-refractivity contribution is -0.140. The molecule has 0 bridgehead atoms. The number of terminal acetylenes is 3. The van der Waals surface area contributed by atoms with Gasteiger partial charge in [0.05, 0.1) is 18.1 Å². The van der Waals surface area contributed by atoms with Crippen LogP contribution in [0.2, 0.25) is 0 Å². The normalized spacial score (nSPS) is 15.6. The number of nitrogens with one attached hydrogen (secondary N) is 4. The van der Waals surface area contributed by atoms with Gasteiger partial charge in [-0.05, 0) is 80.0 Å².